The van der Waals surface area contributed by atoms with Gasteiger partial charge in [0.15, 0.2) is 0 Å². The molecule has 0 aliphatic heterocycles. The van der Waals surface area contributed by atoms with Crippen LogP contribution in [0.25, 0.3) is 6.08 Å². The molecule has 0 saturated carbocycles. The van der Waals surface area contributed by atoms with Crippen molar-refractivity contribution in [2.75, 3.05) is 0 Å². The SMILES string of the molecule is CCC=Cc1ncc(C)nc1CCC. The van der Waals surface area contributed by atoms with Gasteiger partial charge in [-0.1, -0.05) is 26.3 Å². The van der Waals surface area contributed by atoms with E-state index in [1.807, 2.05) is 13.1 Å². The van der Waals surface area contributed by atoms with Crippen molar-refractivity contribution in [2.45, 2.75) is 40.0 Å². The Labute approximate surface area is 86.1 Å². The van der Waals surface area contributed by atoms with E-state index in [0.717, 1.165) is 36.3 Å². The summed E-state index contributed by atoms with van der Waals surface area (Å²) in [5.74, 6) is 0. The predicted octanol–water partition coefficient (Wildman–Crippen LogP) is 3.16. The fourth-order valence-electron chi connectivity index (χ4n) is 1.33. The summed E-state index contributed by atoms with van der Waals surface area (Å²) in [6, 6.07) is 0. The minimum absolute atomic E-state index is 1.00. The Kier molecular flexibility index (Phi) is 4.30. The van der Waals surface area contributed by atoms with E-state index >= 15 is 0 Å². The van der Waals surface area contributed by atoms with Crippen LogP contribution in [0.3, 0.4) is 0 Å². The highest BCUT2D eigenvalue weighted by Crippen LogP contribution is 2.08. The molecule has 0 atom stereocenters. The molecule has 14 heavy (non-hydrogen) atoms. The number of aryl methyl sites for hydroxylation is 2. The zero-order chi connectivity index (χ0) is 10.4. The molecule has 2 nitrogen and oxygen atoms in total. The van der Waals surface area contributed by atoms with E-state index in [2.05, 4.69) is 36.0 Å². The topological polar surface area (TPSA) is 25.8 Å². The van der Waals surface area contributed by atoms with Gasteiger partial charge in [-0.2, -0.15) is 0 Å². The van der Waals surface area contributed by atoms with Crippen LogP contribution in [-0.2, 0) is 6.42 Å². The fourth-order valence-corrected chi connectivity index (χ4v) is 1.33. The molecule has 0 N–H and O–H groups in total. The first-order valence-electron chi connectivity index (χ1n) is 5.27. The lowest BCUT2D eigenvalue weighted by atomic mass is 10.2. The van der Waals surface area contributed by atoms with Crippen LogP contribution >= 0.6 is 0 Å². The van der Waals surface area contributed by atoms with Gasteiger partial charge in [-0.05, 0) is 25.8 Å². The molecule has 1 aromatic heterocycles. The molecule has 1 heterocycles. The molecule has 0 amide bonds. The van der Waals surface area contributed by atoms with Gasteiger partial charge < -0.3 is 0 Å². The van der Waals surface area contributed by atoms with E-state index in [-0.39, 0.29) is 0 Å². The normalized spacial score (nSPS) is 11.1. The molecular weight excluding hydrogens is 172 g/mol. The number of rotatable bonds is 4. The van der Waals surface area contributed by atoms with E-state index in [9.17, 15) is 0 Å². The van der Waals surface area contributed by atoms with Crippen LogP contribution in [-0.4, -0.2) is 9.97 Å². The Bertz CT molecular complexity index is 316. The van der Waals surface area contributed by atoms with E-state index in [0.29, 0.717) is 0 Å². The highest BCUT2D eigenvalue weighted by Gasteiger charge is 2.01. The standard InChI is InChI=1S/C12H18N2/c1-4-6-8-11-12(7-5-2)14-10(3)9-13-11/h6,8-9H,4-5,7H2,1-3H3. The molecule has 0 bridgehead atoms. The van der Waals surface area contributed by atoms with E-state index in [1.54, 1.807) is 0 Å². The van der Waals surface area contributed by atoms with Crippen molar-refractivity contribution in [1.29, 1.82) is 0 Å². The van der Waals surface area contributed by atoms with Gasteiger partial charge >= 0.3 is 0 Å². The summed E-state index contributed by atoms with van der Waals surface area (Å²) < 4.78 is 0. The van der Waals surface area contributed by atoms with Gasteiger partial charge in [-0.3, -0.25) is 9.97 Å². The minimum atomic E-state index is 1.00. The molecule has 0 saturated heterocycles. The Hall–Kier alpha value is -1.18. The minimum Gasteiger partial charge on any atom is -0.254 e. The molecule has 0 unspecified atom stereocenters. The second-order valence-corrected chi connectivity index (χ2v) is 3.40. The zero-order valence-electron chi connectivity index (χ0n) is 9.25. The molecule has 0 aliphatic rings. The number of aromatic nitrogens is 2. The fraction of sp³-hybridized carbons (Fsp3) is 0.500. The number of hydrogen-bond donors (Lipinski definition) is 0. The molecule has 1 rings (SSSR count). The molecule has 2 heteroatoms. The van der Waals surface area contributed by atoms with Crippen LogP contribution < -0.4 is 0 Å². The highest BCUT2D eigenvalue weighted by atomic mass is 14.8. The first-order chi connectivity index (χ1) is 6.77. The van der Waals surface area contributed by atoms with Crippen molar-refractivity contribution in [3.8, 4) is 0 Å². The van der Waals surface area contributed by atoms with Crippen LogP contribution in [0.1, 0.15) is 43.8 Å². The maximum Gasteiger partial charge on any atom is 0.0842 e. The van der Waals surface area contributed by atoms with Crippen molar-refractivity contribution < 1.29 is 0 Å². The van der Waals surface area contributed by atoms with Crippen molar-refractivity contribution in [1.82, 2.24) is 9.97 Å². The van der Waals surface area contributed by atoms with Crippen molar-refractivity contribution in [2.24, 2.45) is 0 Å². The van der Waals surface area contributed by atoms with Gasteiger partial charge in [0.25, 0.3) is 0 Å². The third kappa shape index (κ3) is 2.95. The third-order valence-corrected chi connectivity index (χ3v) is 2.00. The van der Waals surface area contributed by atoms with Gasteiger partial charge in [0, 0.05) is 6.20 Å². The van der Waals surface area contributed by atoms with Gasteiger partial charge in [-0.25, -0.2) is 0 Å². The summed E-state index contributed by atoms with van der Waals surface area (Å²) in [6.45, 7) is 6.27. The van der Waals surface area contributed by atoms with Crippen molar-refractivity contribution >= 4 is 6.08 Å². The zero-order valence-corrected chi connectivity index (χ0v) is 9.25. The van der Waals surface area contributed by atoms with Gasteiger partial charge in [-0.15, -0.1) is 0 Å². The van der Waals surface area contributed by atoms with E-state index in [1.165, 1.54) is 0 Å². The van der Waals surface area contributed by atoms with Crippen LogP contribution in [0.2, 0.25) is 0 Å². The molecule has 0 aromatic carbocycles. The lowest BCUT2D eigenvalue weighted by molar-refractivity contribution is 0.855. The maximum absolute atomic E-state index is 4.50. The summed E-state index contributed by atoms with van der Waals surface area (Å²) in [5.41, 5.74) is 3.15. The summed E-state index contributed by atoms with van der Waals surface area (Å²) >= 11 is 0. The molecule has 0 aliphatic carbocycles. The molecule has 1 aromatic rings. The monoisotopic (exact) mass is 190 g/mol. The first kappa shape index (κ1) is 10.9. The van der Waals surface area contributed by atoms with Crippen LogP contribution in [0.5, 0.6) is 0 Å². The Morgan fingerprint density at radius 3 is 2.79 bits per heavy atom. The van der Waals surface area contributed by atoms with Gasteiger partial charge in [0.2, 0.25) is 0 Å². The van der Waals surface area contributed by atoms with E-state index in [4.69, 9.17) is 0 Å². The van der Waals surface area contributed by atoms with Crippen LogP contribution in [0.15, 0.2) is 12.3 Å². The molecular formula is C12H18N2. The molecule has 76 valence electrons. The van der Waals surface area contributed by atoms with Crippen LogP contribution in [0, 0.1) is 6.92 Å². The predicted molar refractivity (Wildman–Crippen MR) is 60.1 cm³/mol. The van der Waals surface area contributed by atoms with Gasteiger partial charge in [0.1, 0.15) is 0 Å². The lowest BCUT2D eigenvalue weighted by Crippen LogP contribution is -1.98. The summed E-state index contributed by atoms with van der Waals surface area (Å²) in [7, 11) is 0. The number of hydrogen-bond acceptors (Lipinski definition) is 2. The summed E-state index contributed by atoms with van der Waals surface area (Å²) in [6.07, 6.45) is 9.19. The second-order valence-electron chi connectivity index (χ2n) is 3.40. The van der Waals surface area contributed by atoms with Crippen molar-refractivity contribution in [3.05, 3.63) is 29.4 Å². The molecule has 0 spiro atoms. The maximum atomic E-state index is 4.50. The van der Waals surface area contributed by atoms with E-state index < -0.39 is 0 Å². The first-order valence-corrected chi connectivity index (χ1v) is 5.27. The van der Waals surface area contributed by atoms with Crippen LogP contribution in [0.4, 0.5) is 0 Å². The average Bonchev–Trinajstić information content (AvgIpc) is 2.17. The molecule has 0 fully saturated rings. The summed E-state index contributed by atoms with van der Waals surface area (Å²) in [5, 5.41) is 0. The second kappa shape index (κ2) is 5.53. The average molecular weight is 190 g/mol. The van der Waals surface area contributed by atoms with Gasteiger partial charge in [0.05, 0.1) is 17.1 Å². The largest absolute Gasteiger partial charge is 0.254 e. The van der Waals surface area contributed by atoms with Crippen molar-refractivity contribution in [3.63, 3.8) is 0 Å². The molecule has 0 radical (unpaired) electrons. The quantitative estimate of drug-likeness (QED) is 0.728. The lowest BCUT2D eigenvalue weighted by Gasteiger charge is -2.03. The Morgan fingerprint density at radius 1 is 1.36 bits per heavy atom. The smallest absolute Gasteiger partial charge is 0.0842 e. The Morgan fingerprint density at radius 2 is 2.14 bits per heavy atom. The third-order valence-electron chi connectivity index (χ3n) is 2.00. The summed E-state index contributed by atoms with van der Waals surface area (Å²) in [4.78, 5) is 8.89. The number of allylic oxidation sites excluding steroid dienone is 1. The Balaban J connectivity index is 2.95. The highest BCUT2D eigenvalue weighted by molar-refractivity contribution is 5.47. The number of nitrogens with zero attached hydrogens (tertiary/aromatic N) is 2.